The van der Waals surface area contributed by atoms with Crippen LogP contribution in [0, 0.1) is 13.8 Å². The Hall–Kier alpha value is -2.20. The van der Waals surface area contributed by atoms with Crippen molar-refractivity contribution < 1.29 is 4.74 Å². The number of ether oxygens (including phenoxy) is 1. The van der Waals surface area contributed by atoms with Crippen molar-refractivity contribution in [3.63, 3.8) is 0 Å². The Bertz CT molecular complexity index is 910. The van der Waals surface area contributed by atoms with Crippen LogP contribution in [0.1, 0.15) is 26.7 Å². The summed E-state index contributed by atoms with van der Waals surface area (Å²) in [4.78, 5) is 14.4. The molecule has 2 heterocycles. The average Bonchev–Trinajstić information content (AvgIpc) is 3.05. The van der Waals surface area contributed by atoms with Crippen LogP contribution in [-0.4, -0.2) is 23.0 Å². The Morgan fingerprint density at radius 2 is 1.83 bits per heavy atom. The quantitative estimate of drug-likeness (QED) is 0.276. The highest BCUT2D eigenvalue weighted by atomic mass is 127. The number of thiazole rings is 1. The number of aryl methyl sites for hydroxylation is 2. The van der Waals surface area contributed by atoms with Crippen molar-refractivity contribution >= 4 is 41.3 Å². The van der Waals surface area contributed by atoms with E-state index in [0.717, 1.165) is 21.8 Å². The first-order valence-electron chi connectivity index (χ1n) is 9.13. The maximum absolute atomic E-state index is 5.91. The van der Waals surface area contributed by atoms with Crippen LogP contribution in [-0.2, 0) is 19.7 Å². The molecule has 2 N–H and O–H groups in total. The molecule has 0 aliphatic rings. The number of pyridine rings is 1. The van der Waals surface area contributed by atoms with Gasteiger partial charge in [-0.3, -0.25) is 4.99 Å². The number of rotatable bonds is 7. The lowest BCUT2D eigenvalue weighted by Crippen LogP contribution is -2.36. The van der Waals surface area contributed by atoms with Gasteiger partial charge >= 0.3 is 0 Å². The predicted molar refractivity (Wildman–Crippen MR) is 129 cm³/mol. The van der Waals surface area contributed by atoms with Crippen LogP contribution in [0.2, 0.25) is 0 Å². The molecule has 0 amide bonds. The fraction of sp³-hybridized carbons (Fsp3) is 0.286. The predicted octanol–water partition coefficient (Wildman–Crippen LogP) is 4.22. The van der Waals surface area contributed by atoms with E-state index < -0.39 is 0 Å². The second-order valence-corrected chi connectivity index (χ2v) is 7.56. The summed E-state index contributed by atoms with van der Waals surface area (Å²) in [6.07, 6.45) is 1.74. The van der Waals surface area contributed by atoms with E-state index in [2.05, 4.69) is 32.5 Å². The number of nitrogens with zero attached hydrogens (tertiary/aromatic N) is 3. The van der Waals surface area contributed by atoms with Crippen LogP contribution in [0.4, 0.5) is 0 Å². The first-order valence-corrected chi connectivity index (χ1v) is 9.95. The number of halogens is 1. The van der Waals surface area contributed by atoms with Crippen molar-refractivity contribution in [2.45, 2.75) is 33.5 Å². The SMILES string of the molecule is CN=C(NCc1nc(C)c(C)s1)NCc1cccnc1OCc1ccccc1.I. The number of benzene rings is 1. The maximum Gasteiger partial charge on any atom is 0.218 e. The van der Waals surface area contributed by atoms with Gasteiger partial charge in [0.15, 0.2) is 5.96 Å². The van der Waals surface area contributed by atoms with Gasteiger partial charge in [0.1, 0.15) is 11.6 Å². The van der Waals surface area contributed by atoms with E-state index in [0.29, 0.717) is 31.5 Å². The molecule has 0 radical (unpaired) electrons. The minimum absolute atomic E-state index is 0. The van der Waals surface area contributed by atoms with Gasteiger partial charge in [-0.2, -0.15) is 0 Å². The highest BCUT2D eigenvalue weighted by Crippen LogP contribution is 2.17. The summed E-state index contributed by atoms with van der Waals surface area (Å²) >= 11 is 1.70. The summed E-state index contributed by atoms with van der Waals surface area (Å²) in [5.74, 6) is 1.34. The standard InChI is InChI=1S/C21H25N5OS.HI/c1-15-16(2)28-19(26-15)13-25-21(22-3)24-12-18-10-7-11-23-20(18)27-14-17-8-5-4-6-9-17;/h4-11H,12-14H2,1-3H3,(H2,22,24,25);1H. The summed E-state index contributed by atoms with van der Waals surface area (Å²) in [6.45, 7) is 5.81. The zero-order chi connectivity index (χ0) is 19.8. The highest BCUT2D eigenvalue weighted by molar-refractivity contribution is 14.0. The van der Waals surface area contributed by atoms with Crippen molar-refractivity contribution in [2.24, 2.45) is 4.99 Å². The van der Waals surface area contributed by atoms with E-state index in [1.165, 1.54) is 4.88 Å². The summed E-state index contributed by atoms with van der Waals surface area (Å²) in [7, 11) is 1.75. The van der Waals surface area contributed by atoms with Crippen LogP contribution >= 0.6 is 35.3 Å². The third kappa shape index (κ3) is 6.97. The molecule has 8 heteroatoms. The fourth-order valence-corrected chi connectivity index (χ4v) is 3.46. The Morgan fingerprint density at radius 3 is 2.52 bits per heavy atom. The number of nitrogens with one attached hydrogen (secondary N) is 2. The van der Waals surface area contributed by atoms with Gasteiger partial charge in [-0.05, 0) is 25.5 Å². The van der Waals surface area contributed by atoms with Gasteiger partial charge in [0.05, 0.1) is 12.2 Å². The van der Waals surface area contributed by atoms with E-state index in [4.69, 9.17) is 4.74 Å². The van der Waals surface area contributed by atoms with Crippen molar-refractivity contribution in [3.8, 4) is 5.88 Å². The van der Waals surface area contributed by atoms with Crippen LogP contribution in [0.25, 0.3) is 0 Å². The molecule has 1 aromatic carbocycles. The molecule has 0 spiro atoms. The fourth-order valence-electron chi connectivity index (χ4n) is 2.59. The largest absolute Gasteiger partial charge is 0.473 e. The van der Waals surface area contributed by atoms with Crippen LogP contribution in [0.3, 0.4) is 0 Å². The summed E-state index contributed by atoms with van der Waals surface area (Å²) < 4.78 is 5.91. The van der Waals surface area contributed by atoms with Crippen molar-refractivity contribution in [1.82, 2.24) is 20.6 Å². The second-order valence-electron chi connectivity index (χ2n) is 6.27. The lowest BCUT2D eigenvalue weighted by Gasteiger charge is -2.13. The molecule has 3 rings (SSSR count). The molecule has 0 fully saturated rings. The molecule has 0 bridgehead atoms. The molecule has 0 atom stereocenters. The number of guanidine groups is 1. The first kappa shape index (κ1) is 23.1. The zero-order valence-corrected chi connectivity index (χ0v) is 20.0. The number of aromatic nitrogens is 2. The maximum atomic E-state index is 5.91. The Kier molecular flexibility index (Phi) is 9.33. The third-order valence-electron chi connectivity index (χ3n) is 4.22. The minimum Gasteiger partial charge on any atom is -0.473 e. The van der Waals surface area contributed by atoms with Gasteiger partial charge in [0.2, 0.25) is 5.88 Å². The van der Waals surface area contributed by atoms with Crippen LogP contribution < -0.4 is 15.4 Å². The van der Waals surface area contributed by atoms with Crippen molar-refractivity contribution in [2.75, 3.05) is 7.05 Å². The summed E-state index contributed by atoms with van der Waals surface area (Å²) in [6, 6.07) is 14.0. The molecule has 154 valence electrons. The lowest BCUT2D eigenvalue weighted by atomic mass is 10.2. The molecule has 0 aliphatic heterocycles. The number of hydrogen-bond acceptors (Lipinski definition) is 5. The van der Waals surface area contributed by atoms with Gasteiger partial charge < -0.3 is 15.4 Å². The Morgan fingerprint density at radius 1 is 1.07 bits per heavy atom. The molecule has 6 nitrogen and oxygen atoms in total. The molecule has 0 aliphatic carbocycles. The molecule has 3 aromatic rings. The van der Waals surface area contributed by atoms with Gasteiger partial charge in [-0.1, -0.05) is 36.4 Å². The normalized spacial score (nSPS) is 10.9. The Labute approximate surface area is 192 Å². The lowest BCUT2D eigenvalue weighted by molar-refractivity contribution is 0.290. The highest BCUT2D eigenvalue weighted by Gasteiger charge is 2.08. The second kappa shape index (κ2) is 11.7. The number of hydrogen-bond donors (Lipinski definition) is 2. The van der Waals surface area contributed by atoms with Crippen molar-refractivity contribution in [3.05, 3.63) is 75.4 Å². The zero-order valence-electron chi connectivity index (χ0n) is 16.8. The summed E-state index contributed by atoms with van der Waals surface area (Å²) in [5, 5.41) is 7.66. The van der Waals surface area contributed by atoms with Crippen molar-refractivity contribution in [1.29, 1.82) is 0 Å². The molecule has 0 unspecified atom stereocenters. The smallest absolute Gasteiger partial charge is 0.218 e. The van der Waals surface area contributed by atoms with Gasteiger partial charge in [0, 0.05) is 30.2 Å². The Balaban J connectivity index is 0.00000300. The van der Waals surface area contributed by atoms with E-state index >= 15 is 0 Å². The monoisotopic (exact) mass is 523 g/mol. The summed E-state index contributed by atoms with van der Waals surface area (Å²) in [5.41, 5.74) is 3.17. The molecular weight excluding hydrogens is 497 g/mol. The van der Waals surface area contributed by atoms with E-state index in [1.807, 2.05) is 49.4 Å². The average molecular weight is 523 g/mol. The van der Waals surface area contributed by atoms with Gasteiger partial charge in [0.25, 0.3) is 0 Å². The van der Waals surface area contributed by atoms with E-state index in [-0.39, 0.29) is 24.0 Å². The minimum atomic E-state index is 0. The van der Waals surface area contributed by atoms with E-state index in [1.54, 1.807) is 24.6 Å². The molecular formula is C21H26IN5OS. The van der Waals surface area contributed by atoms with E-state index in [9.17, 15) is 0 Å². The molecule has 2 aromatic heterocycles. The van der Waals surface area contributed by atoms with Gasteiger partial charge in [-0.25, -0.2) is 9.97 Å². The molecule has 29 heavy (non-hydrogen) atoms. The van der Waals surface area contributed by atoms with Gasteiger partial charge in [-0.15, -0.1) is 35.3 Å². The van der Waals surface area contributed by atoms with Crippen LogP contribution in [0.5, 0.6) is 5.88 Å². The topological polar surface area (TPSA) is 71.4 Å². The molecule has 0 saturated carbocycles. The number of aliphatic imine (C=N–C) groups is 1. The third-order valence-corrected chi connectivity index (χ3v) is 5.29. The first-order chi connectivity index (χ1) is 13.7. The molecule has 0 saturated heterocycles. The van der Waals surface area contributed by atoms with Crippen LogP contribution in [0.15, 0.2) is 53.7 Å².